The average Bonchev–Trinajstić information content (AvgIpc) is 2.89. The van der Waals surface area contributed by atoms with Crippen LogP contribution in [0.4, 0.5) is 4.39 Å². The van der Waals surface area contributed by atoms with Crippen LogP contribution in [-0.2, 0) is 5.54 Å². The third-order valence-corrected chi connectivity index (χ3v) is 3.26. The summed E-state index contributed by atoms with van der Waals surface area (Å²) in [7, 11) is 3.32. The summed E-state index contributed by atoms with van der Waals surface area (Å²) in [5.74, 6) is 0.657. The number of H-pyrrole nitrogens is 1. The van der Waals surface area contributed by atoms with Gasteiger partial charge in [0.05, 0.1) is 24.5 Å². The number of nitrogens with zero attached hydrogens (tertiary/aromatic N) is 1. The molecule has 0 aliphatic heterocycles. The van der Waals surface area contributed by atoms with Gasteiger partial charge < -0.3 is 15.0 Å². The van der Waals surface area contributed by atoms with Crippen LogP contribution < -0.4 is 10.1 Å². The summed E-state index contributed by atoms with van der Waals surface area (Å²) in [6.07, 6.45) is 1.70. The van der Waals surface area contributed by atoms with E-state index < -0.39 is 0 Å². The summed E-state index contributed by atoms with van der Waals surface area (Å²) in [6, 6.07) is 4.84. The molecule has 19 heavy (non-hydrogen) atoms. The molecule has 2 rings (SSSR count). The van der Waals surface area contributed by atoms with Crippen molar-refractivity contribution in [3.8, 4) is 17.0 Å². The largest absolute Gasteiger partial charge is 0.494 e. The SMILES string of the molecule is CNC(C)(C)c1ncc(-c2ccc(OC)c(F)c2)[nH]1. The van der Waals surface area contributed by atoms with Crippen molar-refractivity contribution in [2.75, 3.05) is 14.2 Å². The van der Waals surface area contributed by atoms with Gasteiger partial charge >= 0.3 is 0 Å². The fraction of sp³-hybridized carbons (Fsp3) is 0.357. The van der Waals surface area contributed by atoms with Crippen molar-refractivity contribution in [3.05, 3.63) is 36.0 Å². The summed E-state index contributed by atoms with van der Waals surface area (Å²) in [5.41, 5.74) is 1.26. The number of benzene rings is 1. The van der Waals surface area contributed by atoms with Gasteiger partial charge in [0.1, 0.15) is 5.82 Å². The van der Waals surface area contributed by atoms with Gasteiger partial charge in [0.2, 0.25) is 0 Å². The number of aromatic amines is 1. The van der Waals surface area contributed by atoms with Crippen molar-refractivity contribution in [2.45, 2.75) is 19.4 Å². The maximum absolute atomic E-state index is 13.7. The van der Waals surface area contributed by atoms with E-state index in [1.165, 1.54) is 13.2 Å². The van der Waals surface area contributed by atoms with E-state index in [1.807, 2.05) is 20.9 Å². The van der Waals surface area contributed by atoms with Crippen LogP contribution in [-0.4, -0.2) is 24.1 Å². The van der Waals surface area contributed by atoms with Crippen molar-refractivity contribution in [2.24, 2.45) is 0 Å². The van der Waals surface area contributed by atoms with E-state index >= 15 is 0 Å². The minimum absolute atomic E-state index is 0.235. The number of ether oxygens (including phenoxy) is 1. The molecule has 5 heteroatoms. The number of hydrogen-bond donors (Lipinski definition) is 2. The molecule has 0 unspecified atom stereocenters. The number of nitrogens with one attached hydrogen (secondary N) is 2. The van der Waals surface area contributed by atoms with Crippen molar-refractivity contribution >= 4 is 0 Å². The molecule has 2 N–H and O–H groups in total. The molecule has 0 fully saturated rings. The first-order chi connectivity index (χ1) is 8.97. The molecule has 0 aliphatic rings. The molecule has 0 amide bonds. The molecule has 2 aromatic rings. The van der Waals surface area contributed by atoms with E-state index in [1.54, 1.807) is 18.3 Å². The van der Waals surface area contributed by atoms with E-state index in [0.29, 0.717) is 0 Å². The highest BCUT2D eigenvalue weighted by Crippen LogP contribution is 2.26. The fourth-order valence-corrected chi connectivity index (χ4v) is 1.74. The molecule has 0 spiro atoms. The van der Waals surface area contributed by atoms with Gasteiger partial charge in [0.25, 0.3) is 0 Å². The van der Waals surface area contributed by atoms with E-state index in [-0.39, 0.29) is 17.1 Å². The molecule has 102 valence electrons. The summed E-state index contributed by atoms with van der Waals surface area (Å²) < 4.78 is 18.6. The number of methoxy groups -OCH3 is 1. The number of rotatable bonds is 4. The first-order valence-corrected chi connectivity index (χ1v) is 6.06. The van der Waals surface area contributed by atoms with E-state index in [0.717, 1.165) is 17.1 Å². The highest BCUT2D eigenvalue weighted by molar-refractivity contribution is 5.60. The van der Waals surface area contributed by atoms with Crippen molar-refractivity contribution < 1.29 is 9.13 Å². The lowest BCUT2D eigenvalue weighted by molar-refractivity contribution is 0.386. The average molecular weight is 263 g/mol. The molecule has 0 saturated heterocycles. The van der Waals surface area contributed by atoms with Crippen LogP contribution in [0.5, 0.6) is 5.75 Å². The highest BCUT2D eigenvalue weighted by atomic mass is 19.1. The van der Waals surface area contributed by atoms with E-state index in [9.17, 15) is 4.39 Å². The number of hydrogen-bond acceptors (Lipinski definition) is 3. The van der Waals surface area contributed by atoms with Gasteiger partial charge in [0, 0.05) is 5.56 Å². The van der Waals surface area contributed by atoms with Crippen LogP contribution in [0.3, 0.4) is 0 Å². The molecule has 0 atom stereocenters. The summed E-state index contributed by atoms with van der Waals surface area (Å²) in [4.78, 5) is 7.54. The van der Waals surface area contributed by atoms with Gasteiger partial charge in [-0.3, -0.25) is 0 Å². The van der Waals surface area contributed by atoms with Gasteiger partial charge in [-0.25, -0.2) is 9.37 Å². The number of halogens is 1. The summed E-state index contributed by atoms with van der Waals surface area (Å²) in [6.45, 7) is 4.04. The Morgan fingerprint density at radius 3 is 2.68 bits per heavy atom. The first kappa shape index (κ1) is 13.5. The minimum atomic E-state index is -0.385. The maximum atomic E-state index is 13.7. The lowest BCUT2D eigenvalue weighted by Gasteiger charge is -2.20. The zero-order valence-electron chi connectivity index (χ0n) is 11.5. The van der Waals surface area contributed by atoms with E-state index in [4.69, 9.17) is 4.74 Å². The fourth-order valence-electron chi connectivity index (χ4n) is 1.74. The lowest BCUT2D eigenvalue weighted by atomic mass is 10.1. The predicted molar refractivity (Wildman–Crippen MR) is 72.6 cm³/mol. The Kier molecular flexibility index (Phi) is 3.57. The topological polar surface area (TPSA) is 49.9 Å². The molecule has 1 aromatic heterocycles. The number of imidazole rings is 1. The quantitative estimate of drug-likeness (QED) is 0.891. The Labute approximate surface area is 112 Å². The Hall–Kier alpha value is -1.88. The second-order valence-corrected chi connectivity index (χ2v) is 4.87. The maximum Gasteiger partial charge on any atom is 0.165 e. The third kappa shape index (κ3) is 2.61. The Morgan fingerprint density at radius 1 is 1.37 bits per heavy atom. The molecule has 1 aromatic carbocycles. The zero-order valence-corrected chi connectivity index (χ0v) is 11.5. The molecule has 0 bridgehead atoms. The summed E-state index contributed by atoms with van der Waals surface area (Å²) in [5, 5.41) is 3.16. The second kappa shape index (κ2) is 5.01. The molecule has 0 saturated carbocycles. The Balaban J connectivity index is 2.36. The van der Waals surface area contributed by atoms with Crippen LogP contribution in [0.25, 0.3) is 11.3 Å². The Morgan fingerprint density at radius 2 is 2.11 bits per heavy atom. The van der Waals surface area contributed by atoms with Gasteiger partial charge in [-0.15, -0.1) is 0 Å². The molecule has 4 nitrogen and oxygen atoms in total. The van der Waals surface area contributed by atoms with Crippen LogP contribution in [0.15, 0.2) is 24.4 Å². The highest BCUT2D eigenvalue weighted by Gasteiger charge is 2.21. The van der Waals surface area contributed by atoms with Crippen LogP contribution >= 0.6 is 0 Å². The lowest BCUT2D eigenvalue weighted by Crippen LogP contribution is -2.34. The Bertz CT molecular complexity index is 578. The smallest absolute Gasteiger partial charge is 0.165 e. The standard InChI is InChI=1S/C14H18FN3O/c1-14(2,16-3)13-17-8-11(18-13)9-5-6-12(19-4)10(15)7-9/h5-8,16H,1-4H3,(H,17,18). The minimum Gasteiger partial charge on any atom is -0.494 e. The molecule has 0 aliphatic carbocycles. The van der Waals surface area contributed by atoms with Crippen molar-refractivity contribution in [1.82, 2.24) is 15.3 Å². The van der Waals surface area contributed by atoms with E-state index in [2.05, 4.69) is 15.3 Å². The normalized spacial score (nSPS) is 11.6. The van der Waals surface area contributed by atoms with Crippen molar-refractivity contribution in [1.29, 1.82) is 0 Å². The third-order valence-electron chi connectivity index (χ3n) is 3.26. The zero-order chi connectivity index (χ0) is 14.0. The monoisotopic (exact) mass is 263 g/mol. The van der Waals surface area contributed by atoms with Gasteiger partial charge in [-0.2, -0.15) is 0 Å². The van der Waals surface area contributed by atoms with Gasteiger partial charge in [0.15, 0.2) is 11.6 Å². The van der Waals surface area contributed by atoms with Gasteiger partial charge in [-0.1, -0.05) is 0 Å². The van der Waals surface area contributed by atoms with Crippen LogP contribution in [0.1, 0.15) is 19.7 Å². The van der Waals surface area contributed by atoms with Gasteiger partial charge in [-0.05, 0) is 39.1 Å². The first-order valence-electron chi connectivity index (χ1n) is 6.06. The molecule has 1 heterocycles. The summed E-state index contributed by atoms with van der Waals surface area (Å²) >= 11 is 0. The second-order valence-electron chi connectivity index (χ2n) is 4.87. The number of aromatic nitrogens is 2. The molecular weight excluding hydrogens is 245 g/mol. The molecular formula is C14H18FN3O. The molecule has 0 radical (unpaired) electrons. The predicted octanol–water partition coefficient (Wildman–Crippen LogP) is 2.68. The van der Waals surface area contributed by atoms with Crippen LogP contribution in [0.2, 0.25) is 0 Å². The van der Waals surface area contributed by atoms with Crippen molar-refractivity contribution in [3.63, 3.8) is 0 Å². The van der Waals surface area contributed by atoms with Crippen LogP contribution in [0, 0.1) is 5.82 Å².